The van der Waals surface area contributed by atoms with Gasteiger partial charge in [0.15, 0.2) is 0 Å². The van der Waals surface area contributed by atoms with Crippen LogP contribution in [-0.2, 0) is 0 Å². The lowest BCUT2D eigenvalue weighted by atomic mass is 10.0. The summed E-state index contributed by atoms with van der Waals surface area (Å²) in [5.74, 6) is 1.20. The highest BCUT2D eigenvalue weighted by Crippen LogP contribution is 2.15. The summed E-state index contributed by atoms with van der Waals surface area (Å²) in [6.45, 7) is 7.86. The zero-order chi connectivity index (χ0) is 14.5. The SMILES string of the molecule is CC(C)Oc1ccc(C(=O)NC(C)(C)CCCl)cc1. The van der Waals surface area contributed by atoms with Crippen molar-refractivity contribution >= 4 is 17.5 Å². The number of hydrogen-bond acceptors (Lipinski definition) is 2. The molecule has 1 aromatic carbocycles. The third-order valence-electron chi connectivity index (χ3n) is 2.66. The van der Waals surface area contributed by atoms with Gasteiger partial charge in [0, 0.05) is 17.0 Å². The Morgan fingerprint density at radius 3 is 2.37 bits per heavy atom. The first-order valence-corrected chi connectivity index (χ1v) is 7.03. The standard InChI is InChI=1S/C15H22ClNO2/c1-11(2)19-13-7-5-12(6-8-13)14(18)17-15(3,4)9-10-16/h5-8,11H,9-10H2,1-4H3,(H,17,18). The largest absolute Gasteiger partial charge is 0.491 e. The lowest BCUT2D eigenvalue weighted by molar-refractivity contribution is 0.0911. The minimum absolute atomic E-state index is 0.0915. The zero-order valence-corrected chi connectivity index (χ0v) is 12.8. The van der Waals surface area contributed by atoms with Gasteiger partial charge >= 0.3 is 0 Å². The van der Waals surface area contributed by atoms with Crippen LogP contribution in [0, 0.1) is 0 Å². The molecule has 19 heavy (non-hydrogen) atoms. The van der Waals surface area contributed by atoms with E-state index in [1.165, 1.54) is 0 Å². The van der Waals surface area contributed by atoms with E-state index in [9.17, 15) is 4.79 Å². The van der Waals surface area contributed by atoms with Crippen LogP contribution in [0.1, 0.15) is 44.5 Å². The Hall–Kier alpha value is -1.22. The number of carbonyl (C=O) groups excluding carboxylic acids is 1. The Kier molecular flexibility index (Phi) is 5.67. The maximum atomic E-state index is 12.1. The van der Waals surface area contributed by atoms with Crippen molar-refractivity contribution in [1.29, 1.82) is 0 Å². The molecule has 0 aromatic heterocycles. The maximum absolute atomic E-state index is 12.1. The lowest BCUT2D eigenvalue weighted by Gasteiger charge is -2.25. The van der Waals surface area contributed by atoms with Crippen LogP contribution in [-0.4, -0.2) is 23.4 Å². The van der Waals surface area contributed by atoms with E-state index >= 15 is 0 Å². The zero-order valence-electron chi connectivity index (χ0n) is 12.0. The predicted molar refractivity (Wildman–Crippen MR) is 79.1 cm³/mol. The highest BCUT2D eigenvalue weighted by Gasteiger charge is 2.20. The molecule has 3 nitrogen and oxygen atoms in total. The fourth-order valence-electron chi connectivity index (χ4n) is 1.64. The first-order valence-electron chi connectivity index (χ1n) is 6.49. The molecule has 0 saturated carbocycles. The van der Waals surface area contributed by atoms with Crippen LogP contribution in [0.15, 0.2) is 24.3 Å². The van der Waals surface area contributed by atoms with Crippen molar-refractivity contribution < 1.29 is 9.53 Å². The van der Waals surface area contributed by atoms with Gasteiger partial charge in [0.05, 0.1) is 6.10 Å². The summed E-state index contributed by atoms with van der Waals surface area (Å²) >= 11 is 5.72. The Bertz CT molecular complexity index is 413. The molecule has 1 amide bonds. The number of amides is 1. The van der Waals surface area contributed by atoms with Crippen molar-refractivity contribution in [3.63, 3.8) is 0 Å². The molecule has 0 aliphatic heterocycles. The molecular formula is C15H22ClNO2. The molecule has 0 spiro atoms. The van der Waals surface area contributed by atoms with Crippen LogP contribution >= 0.6 is 11.6 Å². The fraction of sp³-hybridized carbons (Fsp3) is 0.533. The van der Waals surface area contributed by atoms with Gasteiger partial charge in [0.2, 0.25) is 0 Å². The molecule has 1 rings (SSSR count). The topological polar surface area (TPSA) is 38.3 Å². The van der Waals surface area contributed by atoms with Crippen molar-refractivity contribution in [2.24, 2.45) is 0 Å². The van der Waals surface area contributed by atoms with E-state index in [-0.39, 0.29) is 17.6 Å². The number of hydrogen-bond donors (Lipinski definition) is 1. The summed E-state index contributed by atoms with van der Waals surface area (Å²) in [4.78, 5) is 12.1. The Balaban J connectivity index is 2.68. The monoisotopic (exact) mass is 283 g/mol. The van der Waals surface area contributed by atoms with Gasteiger partial charge in [0.1, 0.15) is 5.75 Å². The number of alkyl halides is 1. The smallest absolute Gasteiger partial charge is 0.251 e. The summed E-state index contributed by atoms with van der Waals surface area (Å²) in [5, 5.41) is 2.97. The summed E-state index contributed by atoms with van der Waals surface area (Å²) < 4.78 is 5.54. The van der Waals surface area contributed by atoms with E-state index in [1.807, 2.05) is 39.8 Å². The minimum Gasteiger partial charge on any atom is -0.491 e. The van der Waals surface area contributed by atoms with Gasteiger partial charge < -0.3 is 10.1 Å². The quantitative estimate of drug-likeness (QED) is 0.810. The molecule has 4 heteroatoms. The van der Waals surface area contributed by atoms with E-state index in [4.69, 9.17) is 16.3 Å². The lowest BCUT2D eigenvalue weighted by Crippen LogP contribution is -2.43. The van der Waals surface area contributed by atoms with Crippen LogP contribution < -0.4 is 10.1 Å². The van der Waals surface area contributed by atoms with Crippen LogP contribution in [0.2, 0.25) is 0 Å². The minimum atomic E-state index is -0.300. The number of nitrogens with one attached hydrogen (secondary N) is 1. The van der Waals surface area contributed by atoms with Crippen LogP contribution in [0.3, 0.4) is 0 Å². The van der Waals surface area contributed by atoms with Crippen molar-refractivity contribution in [3.05, 3.63) is 29.8 Å². The average molecular weight is 284 g/mol. The number of rotatable bonds is 6. The predicted octanol–water partition coefficient (Wildman–Crippen LogP) is 3.61. The fourth-order valence-corrected chi connectivity index (χ4v) is 2.11. The third-order valence-corrected chi connectivity index (χ3v) is 2.85. The Morgan fingerprint density at radius 2 is 1.89 bits per heavy atom. The second-order valence-electron chi connectivity index (χ2n) is 5.47. The van der Waals surface area contributed by atoms with E-state index < -0.39 is 0 Å². The Morgan fingerprint density at radius 1 is 1.32 bits per heavy atom. The molecule has 0 unspecified atom stereocenters. The molecule has 1 aromatic rings. The van der Waals surface area contributed by atoms with Gasteiger partial charge in [-0.25, -0.2) is 0 Å². The van der Waals surface area contributed by atoms with Crippen LogP contribution in [0.25, 0.3) is 0 Å². The second-order valence-corrected chi connectivity index (χ2v) is 5.85. The molecule has 0 radical (unpaired) electrons. The molecule has 0 aliphatic rings. The third kappa shape index (κ3) is 5.52. The summed E-state index contributed by atoms with van der Waals surface area (Å²) in [5.41, 5.74) is 0.324. The molecule has 1 N–H and O–H groups in total. The molecule has 0 heterocycles. The number of halogens is 1. The maximum Gasteiger partial charge on any atom is 0.251 e. The van der Waals surface area contributed by atoms with Gasteiger partial charge in [-0.15, -0.1) is 11.6 Å². The molecular weight excluding hydrogens is 262 g/mol. The molecule has 0 saturated heterocycles. The average Bonchev–Trinajstić information content (AvgIpc) is 2.28. The van der Waals surface area contributed by atoms with Crippen molar-refractivity contribution in [2.45, 2.75) is 45.8 Å². The van der Waals surface area contributed by atoms with Crippen molar-refractivity contribution in [2.75, 3.05) is 5.88 Å². The van der Waals surface area contributed by atoms with Gasteiger partial charge in [-0.3, -0.25) is 4.79 Å². The molecule has 0 fully saturated rings. The van der Waals surface area contributed by atoms with Crippen LogP contribution in [0.5, 0.6) is 5.75 Å². The van der Waals surface area contributed by atoms with E-state index in [2.05, 4.69) is 5.32 Å². The van der Waals surface area contributed by atoms with E-state index in [1.54, 1.807) is 12.1 Å². The van der Waals surface area contributed by atoms with E-state index in [0.29, 0.717) is 11.4 Å². The van der Waals surface area contributed by atoms with Crippen molar-refractivity contribution in [1.82, 2.24) is 5.32 Å². The van der Waals surface area contributed by atoms with Gasteiger partial charge in [0.25, 0.3) is 5.91 Å². The van der Waals surface area contributed by atoms with Crippen molar-refractivity contribution in [3.8, 4) is 5.75 Å². The van der Waals surface area contributed by atoms with Crippen LogP contribution in [0.4, 0.5) is 0 Å². The summed E-state index contributed by atoms with van der Waals surface area (Å²) in [6.07, 6.45) is 0.858. The van der Waals surface area contributed by atoms with E-state index in [0.717, 1.165) is 12.2 Å². The first-order chi connectivity index (χ1) is 8.84. The summed E-state index contributed by atoms with van der Waals surface area (Å²) in [7, 11) is 0. The molecule has 0 aliphatic carbocycles. The number of carbonyl (C=O) groups is 1. The van der Waals surface area contributed by atoms with Gasteiger partial charge in [-0.05, 0) is 58.4 Å². The highest BCUT2D eigenvalue weighted by molar-refractivity contribution is 6.17. The first kappa shape index (κ1) is 15.8. The van der Waals surface area contributed by atoms with Gasteiger partial charge in [-0.2, -0.15) is 0 Å². The van der Waals surface area contributed by atoms with Gasteiger partial charge in [-0.1, -0.05) is 0 Å². The normalized spacial score (nSPS) is 11.5. The molecule has 106 valence electrons. The Labute approximate surface area is 120 Å². The molecule has 0 bridgehead atoms. The highest BCUT2D eigenvalue weighted by atomic mass is 35.5. The second kappa shape index (κ2) is 6.80. The number of benzene rings is 1. The summed E-state index contributed by atoms with van der Waals surface area (Å²) in [6, 6.07) is 7.15. The number of ether oxygens (including phenoxy) is 1. The molecule has 0 atom stereocenters.